The highest BCUT2D eigenvalue weighted by molar-refractivity contribution is 14.0. The fourth-order valence-electron chi connectivity index (χ4n) is 3.37. The fraction of sp³-hybridized carbons (Fsp3) is 0.650. The zero-order valence-electron chi connectivity index (χ0n) is 16.5. The molecule has 1 N–H and O–H groups in total. The van der Waals surface area contributed by atoms with Crippen LogP contribution >= 0.6 is 47.2 Å². The van der Waals surface area contributed by atoms with Gasteiger partial charge in [0.15, 0.2) is 5.96 Å². The SMILES string of the molecule is CCNC(=NCC1(C)COC1)N1CCC(COc2cc(Cl)cc(Cl)c2)CC1.I. The molecule has 0 radical (unpaired) electrons. The van der Waals surface area contributed by atoms with Gasteiger partial charge in [-0.1, -0.05) is 30.1 Å². The molecule has 2 aliphatic heterocycles. The summed E-state index contributed by atoms with van der Waals surface area (Å²) in [6, 6.07) is 5.33. The number of guanidine groups is 1. The van der Waals surface area contributed by atoms with E-state index in [1.54, 1.807) is 6.07 Å². The number of nitrogens with zero attached hydrogens (tertiary/aromatic N) is 2. The van der Waals surface area contributed by atoms with Gasteiger partial charge < -0.3 is 19.7 Å². The average Bonchev–Trinajstić information content (AvgIpc) is 2.62. The van der Waals surface area contributed by atoms with Crippen LogP contribution in [0.3, 0.4) is 0 Å². The molecule has 2 aliphatic rings. The van der Waals surface area contributed by atoms with Gasteiger partial charge in [-0.05, 0) is 43.9 Å². The Kier molecular flexibility index (Phi) is 9.44. The van der Waals surface area contributed by atoms with Crippen LogP contribution in [-0.4, -0.2) is 56.9 Å². The Morgan fingerprint density at radius 2 is 1.89 bits per heavy atom. The third-order valence-electron chi connectivity index (χ3n) is 5.08. The number of hydrogen-bond donors (Lipinski definition) is 1. The summed E-state index contributed by atoms with van der Waals surface area (Å²) < 4.78 is 11.3. The Morgan fingerprint density at radius 3 is 2.43 bits per heavy atom. The molecule has 0 spiro atoms. The molecule has 2 heterocycles. The average molecular weight is 542 g/mol. The van der Waals surface area contributed by atoms with Crippen LogP contribution in [-0.2, 0) is 4.74 Å². The van der Waals surface area contributed by atoms with Crippen molar-refractivity contribution in [1.82, 2.24) is 10.2 Å². The number of rotatable bonds is 6. The molecule has 8 heteroatoms. The Labute approximate surface area is 195 Å². The van der Waals surface area contributed by atoms with E-state index in [1.165, 1.54) is 0 Å². The number of likely N-dealkylation sites (tertiary alicyclic amines) is 1. The molecule has 1 aromatic rings. The maximum Gasteiger partial charge on any atom is 0.193 e. The number of piperidine rings is 1. The van der Waals surface area contributed by atoms with Gasteiger partial charge in [0, 0.05) is 35.1 Å². The molecule has 0 aromatic heterocycles. The summed E-state index contributed by atoms with van der Waals surface area (Å²) in [5.41, 5.74) is 0.199. The van der Waals surface area contributed by atoms with Crippen LogP contribution in [0.1, 0.15) is 26.7 Å². The first-order chi connectivity index (χ1) is 13.0. The maximum absolute atomic E-state index is 6.03. The minimum Gasteiger partial charge on any atom is -0.493 e. The van der Waals surface area contributed by atoms with Gasteiger partial charge >= 0.3 is 0 Å². The van der Waals surface area contributed by atoms with E-state index in [2.05, 4.69) is 24.1 Å². The number of benzene rings is 1. The molecule has 158 valence electrons. The van der Waals surface area contributed by atoms with Crippen LogP contribution in [0.25, 0.3) is 0 Å². The Balaban J connectivity index is 0.00000280. The van der Waals surface area contributed by atoms with Crippen molar-refractivity contribution < 1.29 is 9.47 Å². The van der Waals surface area contributed by atoms with Crippen LogP contribution in [0.15, 0.2) is 23.2 Å². The first kappa shape index (κ1) is 23.8. The van der Waals surface area contributed by atoms with Gasteiger partial charge in [0.2, 0.25) is 0 Å². The van der Waals surface area contributed by atoms with Crippen molar-refractivity contribution in [1.29, 1.82) is 0 Å². The molecular weight excluding hydrogens is 512 g/mol. The second-order valence-corrected chi connectivity index (χ2v) is 8.69. The highest BCUT2D eigenvalue weighted by Gasteiger charge is 2.33. The summed E-state index contributed by atoms with van der Waals surface area (Å²) in [5.74, 6) is 2.28. The van der Waals surface area contributed by atoms with E-state index in [0.717, 1.165) is 63.9 Å². The lowest BCUT2D eigenvalue weighted by atomic mass is 9.89. The van der Waals surface area contributed by atoms with Gasteiger partial charge in [-0.15, -0.1) is 24.0 Å². The molecule has 28 heavy (non-hydrogen) atoms. The van der Waals surface area contributed by atoms with Gasteiger partial charge in [0.05, 0.1) is 26.4 Å². The Hall–Kier alpha value is -0.440. The van der Waals surface area contributed by atoms with E-state index >= 15 is 0 Å². The van der Waals surface area contributed by atoms with Crippen molar-refractivity contribution in [3.05, 3.63) is 28.2 Å². The number of halogens is 3. The van der Waals surface area contributed by atoms with Crippen LogP contribution in [0.2, 0.25) is 10.0 Å². The molecule has 2 saturated heterocycles. The highest BCUT2D eigenvalue weighted by atomic mass is 127. The summed E-state index contributed by atoms with van der Waals surface area (Å²) in [6.45, 7) is 10.3. The Bertz CT molecular complexity index is 643. The lowest BCUT2D eigenvalue weighted by Gasteiger charge is -2.38. The van der Waals surface area contributed by atoms with E-state index in [4.69, 9.17) is 37.7 Å². The highest BCUT2D eigenvalue weighted by Crippen LogP contribution is 2.28. The summed E-state index contributed by atoms with van der Waals surface area (Å²) in [6.07, 6.45) is 2.16. The normalized spacial score (nSPS) is 19.6. The van der Waals surface area contributed by atoms with Crippen LogP contribution in [0.5, 0.6) is 5.75 Å². The minimum atomic E-state index is 0. The summed E-state index contributed by atoms with van der Waals surface area (Å²) >= 11 is 12.1. The first-order valence-electron chi connectivity index (χ1n) is 9.67. The van der Waals surface area contributed by atoms with Crippen molar-refractivity contribution in [2.45, 2.75) is 26.7 Å². The summed E-state index contributed by atoms with van der Waals surface area (Å²) in [4.78, 5) is 7.22. The molecule has 0 amide bonds. The maximum atomic E-state index is 6.03. The van der Waals surface area contributed by atoms with Crippen molar-refractivity contribution in [2.24, 2.45) is 16.3 Å². The third kappa shape index (κ3) is 6.82. The second kappa shape index (κ2) is 11.1. The predicted octanol–water partition coefficient (Wildman–Crippen LogP) is 4.70. The molecule has 0 unspecified atom stereocenters. The smallest absolute Gasteiger partial charge is 0.193 e. The molecule has 1 aromatic carbocycles. The summed E-state index contributed by atoms with van der Waals surface area (Å²) in [7, 11) is 0. The molecular formula is C20H30Cl2IN3O2. The molecule has 0 aliphatic carbocycles. The van der Waals surface area contributed by atoms with E-state index < -0.39 is 0 Å². The number of nitrogens with one attached hydrogen (secondary N) is 1. The van der Waals surface area contributed by atoms with Crippen LogP contribution in [0.4, 0.5) is 0 Å². The lowest BCUT2D eigenvalue weighted by Crippen LogP contribution is -2.48. The quantitative estimate of drug-likeness (QED) is 0.322. The van der Waals surface area contributed by atoms with Crippen molar-refractivity contribution >= 4 is 53.1 Å². The third-order valence-corrected chi connectivity index (χ3v) is 5.52. The zero-order valence-corrected chi connectivity index (χ0v) is 20.4. The molecule has 0 bridgehead atoms. The van der Waals surface area contributed by atoms with Crippen LogP contribution < -0.4 is 10.1 Å². The van der Waals surface area contributed by atoms with Crippen LogP contribution in [0, 0.1) is 11.3 Å². The predicted molar refractivity (Wildman–Crippen MR) is 127 cm³/mol. The largest absolute Gasteiger partial charge is 0.493 e. The molecule has 0 atom stereocenters. The monoisotopic (exact) mass is 541 g/mol. The van der Waals surface area contributed by atoms with Gasteiger partial charge in [-0.3, -0.25) is 4.99 Å². The van der Waals surface area contributed by atoms with Crippen molar-refractivity contribution in [3.8, 4) is 5.75 Å². The first-order valence-corrected chi connectivity index (χ1v) is 10.4. The van der Waals surface area contributed by atoms with Gasteiger partial charge in [0.25, 0.3) is 0 Å². The Morgan fingerprint density at radius 1 is 1.25 bits per heavy atom. The molecule has 5 nitrogen and oxygen atoms in total. The van der Waals surface area contributed by atoms with Gasteiger partial charge in [-0.25, -0.2) is 0 Å². The molecule has 2 fully saturated rings. The zero-order chi connectivity index (χ0) is 19.3. The van der Waals surface area contributed by atoms with E-state index in [0.29, 0.717) is 22.6 Å². The topological polar surface area (TPSA) is 46.1 Å². The standard InChI is InChI=1S/C20H29Cl2N3O2.HI/c1-3-23-19(24-12-20(2)13-26-14-20)25-6-4-15(5-7-25)11-27-18-9-16(21)8-17(22)10-18;/h8-10,15H,3-7,11-14H2,1-2H3,(H,23,24);1H. The number of aliphatic imine (C=N–C) groups is 1. The van der Waals surface area contributed by atoms with Gasteiger partial charge in [0.1, 0.15) is 5.75 Å². The van der Waals surface area contributed by atoms with E-state index in [-0.39, 0.29) is 29.4 Å². The molecule has 3 rings (SSSR count). The summed E-state index contributed by atoms with van der Waals surface area (Å²) in [5, 5.41) is 4.64. The van der Waals surface area contributed by atoms with Crippen molar-refractivity contribution in [3.63, 3.8) is 0 Å². The van der Waals surface area contributed by atoms with E-state index in [1.807, 2.05) is 12.1 Å². The van der Waals surface area contributed by atoms with Gasteiger partial charge in [-0.2, -0.15) is 0 Å². The second-order valence-electron chi connectivity index (χ2n) is 7.82. The van der Waals surface area contributed by atoms with E-state index in [9.17, 15) is 0 Å². The molecule has 0 saturated carbocycles. The number of hydrogen-bond acceptors (Lipinski definition) is 3. The minimum absolute atomic E-state index is 0. The fourth-order valence-corrected chi connectivity index (χ4v) is 3.88. The number of ether oxygens (including phenoxy) is 2. The lowest BCUT2D eigenvalue weighted by molar-refractivity contribution is -0.0946. The van der Waals surface area contributed by atoms with Crippen molar-refractivity contribution in [2.75, 3.05) is 46.0 Å².